The summed E-state index contributed by atoms with van der Waals surface area (Å²) in [5.41, 5.74) is 0. The Labute approximate surface area is 490 Å². The number of carbonyl (C=O) groups is 1. The second-order valence-electron chi connectivity index (χ2n) is 22.2. The monoisotopic (exact) mass is 1120 g/mol. The van der Waals surface area contributed by atoms with E-state index in [1.165, 1.54) is 122 Å². The van der Waals surface area contributed by atoms with Crippen molar-refractivity contribution in [3.63, 3.8) is 0 Å². The van der Waals surface area contributed by atoms with Gasteiger partial charge in [0.2, 0.25) is 5.91 Å². The molecule has 1 amide bonds. The molecule has 458 valence electrons. The Kier molecular flexibility index (Phi) is 54.8. The minimum Gasteiger partial charge on any atom is -0.394 e. The van der Waals surface area contributed by atoms with E-state index in [9.17, 15) is 30.3 Å². The topological polar surface area (TPSA) is 149 Å². The lowest BCUT2D eigenvalue weighted by Gasteiger charge is -2.40. The standard InChI is InChI=1S/C71H121NO8/c1-3-5-7-9-11-13-15-17-19-21-23-25-27-28-29-30-31-32-33-34-35-36-37-38-39-41-43-45-47-49-51-53-55-57-59-61-67(75)72-64(63-79-71-70(78)69(77)68(76)66(62-73)80-71)65(74)60-58-56-54-52-50-48-46-44-42-40-26-24-22-20-18-16-14-12-10-8-6-4-2/h5,7,11,13,17,19,23,25,28-29,31-32,34-35,37-38,41,43,47,49,64-66,68-71,73-74,76-78H,3-4,6,8-10,12,14-16,18,20-22,24,26-27,30,33,36,39-40,42,44-46,48,50-63H2,1-2H3,(H,72,75)/b7-5-,13-11-,19-17-,25-23-,29-28-,32-31-,35-34-,38-37-,43-41-,49-47-. The number of hydrogen-bond acceptors (Lipinski definition) is 8. The molecule has 9 heteroatoms. The highest BCUT2D eigenvalue weighted by Crippen LogP contribution is 2.23. The van der Waals surface area contributed by atoms with E-state index in [2.05, 4.69) is 141 Å². The fraction of sp³-hybridized carbons (Fsp3) is 0.704. The molecule has 6 N–H and O–H groups in total. The van der Waals surface area contributed by atoms with Gasteiger partial charge in [-0.3, -0.25) is 4.79 Å². The van der Waals surface area contributed by atoms with Crippen molar-refractivity contribution in [3.05, 3.63) is 122 Å². The first-order chi connectivity index (χ1) is 39.3. The summed E-state index contributed by atoms with van der Waals surface area (Å²) in [5.74, 6) is -0.171. The Bertz CT molecular complexity index is 1670. The van der Waals surface area contributed by atoms with Crippen LogP contribution >= 0.6 is 0 Å². The molecule has 9 nitrogen and oxygen atoms in total. The molecule has 1 aliphatic heterocycles. The van der Waals surface area contributed by atoms with E-state index in [1.54, 1.807) is 0 Å². The van der Waals surface area contributed by atoms with Crippen LogP contribution in [0.2, 0.25) is 0 Å². The summed E-state index contributed by atoms with van der Waals surface area (Å²) in [7, 11) is 0. The Hall–Kier alpha value is -3.41. The predicted octanol–water partition coefficient (Wildman–Crippen LogP) is 17.5. The quantitative estimate of drug-likeness (QED) is 0.0261. The SMILES string of the molecule is CC/C=C\C/C=C\C/C=C\C/C=C\C/C=C\C/C=C\C/C=C\C/C=C\C/C=C\C/C=C\CCCCCCC(=O)NC(COC1OC(CO)C(O)C(O)C1O)C(O)CCCCCCCCCCCCCCCCCCCCCCCC. The molecule has 1 saturated heterocycles. The van der Waals surface area contributed by atoms with Gasteiger partial charge in [0.25, 0.3) is 0 Å². The Morgan fingerprint density at radius 3 is 1.15 bits per heavy atom. The second kappa shape index (κ2) is 58.8. The molecule has 1 aliphatic rings. The van der Waals surface area contributed by atoms with Crippen molar-refractivity contribution in [3.8, 4) is 0 Å². The summed E-state index contributed by atoms with van der Waals surface area (Å²) >= 11 is 0. The lowest BCUT2D eigenvalue weighted by atomic mass is 9.99. The van der Waals surface area contributed by atoms with Gasteiger partial charge in [-0.2, -0.15) is 0 Å². The fourth-order valence-electron chi connectivity index (χ4n) is 9.72. The van der Waals surface area contributed by atoms with Crippen molar-refractivity contribution < 1.29 is 39.8 Å². The number of rotatable bonds is 55. The van der Waals surface area contributed by atoms with Crippen LogP contribution < -0.4 is 5.32 Å². The first kappa shape index (κ1) is 74.6. The molecule has 0 aromatic heterocycles. The van der Waals surface area contributed by atoms with Gasteiger partial charge in [-0.25, -0.2) is 0 Å². The maximum Gasteiger partial charge on any atom is 0.220 e. The van der Waals surface area contributed by atoms with Gasteiger partial charge in [0, 0.05) is 6.42 Å². The molecule has 7 unspecified atom stereocenters. The lowest BCUT2D eigenvalue weighted by Crippen LogP contribution is -2.60. The van der Waals surface area contributed by atoms with E-state index in [0.717, 1.165) is 116 Å². The average molecular weight is 1120 g/mol. The van der Waals surface area contributed by atoms with Crippen LogP contribution in [0.1, 0.15) is 264 Å². The molecule has 0 aromatic rings. The highest BCUT2D eigenvalue weighted by molar-refractivity contribution is 5.76. The molecule has 1 rings (SSSR count). The van der Waals surface area contributed by atoms with Crippen molar-refractivity contribution in [2.45, 2.75) is 307 Å². The maximum atomic E-state index is 13.1. The van der Waals surface area contributed by atoms with Crippen molar-refractivity contribution in [1.29, 1.82) is 0 Å². The van der Waals surface area contributed by atoms with Crippen LogP contribution in [0.5, 0.6) is 0 Å². The average Bonchev–Trinajstić information content (AvgIpc) is 3.46. The molecule has 0 spiro atoms. The van der Waals surface area contributed by atoms with E-state index in [0.29, 0.717) is 12.8 Å². The summed E-state index contributed by atoms with van der Waals surface area (Å²) < 4.78 is 11.3. The van der Waals surface area contributed by atoms with Crippen molar-refractivity contribution in [2.24, 2.45) is 0 Å². The number of aliphatic hydroxyl groups excluding tert-OH is 5. The first-order valence-corrected chi connectivity index (χ1v) is 32.7. The van der Waals surface area contributed by atoms with Crippen LogP contribution in [-0.2, 0) is 14.3 Å². The molecule has 0 saturated carbocycles. The molecule has 1 heterocycles. The lowest BCUT2D eigenvalue weighted by molar-refractivity contribution is -0.302. The zero-order valence-electron chi connectivity index (χ0n) is 51.0. The molecular weight excluding hydrogens is 995 g/mol. The van der Waals surface area contributed by atoms with Gasteiger partial charge in [-0.15, -0.1) is 0 Å². The predicted molar refractivity (Wildman–Crippen MR) is 340 cm³/mol. The van der Waals surface area contributed by atoms with Gasteiger partial charge in [-0.05, 0) is 89.9 Å². The zero-order chi connectivity index (χ0) is 57.9. The minimum atomic E-state index is -1.57. The molecule has 7 atom stereocenters. The number of allylic oxidation sites excluding steroid dienone is 20. The molecule has 0 aliphatic carbocycles. The normalized spacial score (nSPS) is 19.3. The molecule has 1 fully saturated rings. The van der Waals surface area contributed by atoms with Gasteiger partial charge in [0.15, 0.2) is 6.29 Å². The van der Waals surface area contributed by atoms with Crippen molar-refractivity contribution >= 4 is 5.91 Å². The zero-order valence-corrected chi connectivity index (χ0v) is 51.0. The van der Waals surface area contributed by atoms with Crippen LogP contribution in [0.3, 0.4) is 0 Å². The Morgan fingerprint density at radius 2 is 0.775 bits per heavy atom. The minimum absolute atomic E-state index is 0.155. The third-order valence-electron chi connectivity index (χ3n) is 14.8. The van der Waals surface area contributed by atoms with Crippen LogP contribution in [0.15, 0.2) is 122 Å². The molecule has 80 heavy (non-hydrogen) atoms. The third-order valence-corrected chi connectivity index (χ3v) is 14.8. The Balaban J connectivity index is 2.21. The third kappa shape index (κ3) is 47.1. The fourth-order valence-corrected chi connectivity index (χ4v) is 9.72. The van der Waals surface area contributed by atoms with Crippen LogP contribution in [0.4, 0.5) is 0 Å². The van der Waals surface area contributed by atoms with Crippen LogP contribution in [0, 0.1) is 0 Å². The van der Waals surface area contributed by atoms with Crippen LogP contribution in [0.25, 0.3) is 0 Å². The smallest absolute Gasteiger partial charge is 0.220 e. The van der Waals surface area contributed by atoms with E-state index >= 15 is 0 Å². The number of nitrogens with one attached hydrogen (secondary N) is 1. The summed E-state index contributed by atoms with van der Waals surface area (Å²) in [6, 6.07) is -0.743. The number of aliphatic hydroxyl groups is 5. The van der Waals surface area contributed by atoms with Gasteiger partial charge < -0.3 is 40.3 Å². The highest BCUT2D eigenvalue weighted by atomic mass is 16.7. The largest absolute Gasteiger partial charge is 0.394 e. The summed E-state index contributed by atoms with van der Waals surface area (Å²) in [5, 5.41) is 54.8. The summed E-state index contributed by atoms with van der Waals surface area (Å²) in [6.07, 6.45) is 80.9. The second-order valence-corrected chi connectivity index (χ2v) is 22.2. The van der Waals surface area contributed by atoms with E-state index in [-0.39, 0.29) is 12.5 Å². The van der Waals surface area contributed by atoms with Crippen LogP contribution in [-0.4, -0.2) is 87.5 Å². The van der Waals surface area contributed by atoms with E-state index in [4.69, 9.17) is 9.47 Å². The number of amides is 1. The van der Waals surface area contributed by atoms with Gasteiger partial charge in [-0.1, -0.05) is 289 Å². The molecular formula is C71H121NO8. The number of carbonyl (C=O) groups excluding carboxylic acids is 1. The van der Waals surface area contributed by atoms with Crippen molar-refractivity contribution in [2.75, 3.05) is 13.2 Å². The maximum absolute atomic E-state index is 13.1. The summed E-state index contributed by atoms with van der Waals surface area (Å²) in [6.45, 7) is 3.72. The molecule has 0 aromatic carbocycles. The van der Waals surface area contributed by atoms with Gasteiger partial charge >= 0.3 is 0 Å². The highest BCUT2D eigenvalue weighted by Gasteiger charge is 2.44. The van der Waals surface area contributed by atoms with Crippen molar-refractivity contribution in [1.82, 2.24) is 5.32 Å². The molecule has 0 radical (unpaired) electrons. The number of ether oxygens (including phenoxy) is 2. The number of unbranched alkanes of at least 4 members (excludes halogenated alkanes) is 25. The number of hydrogen-bond donors (Lipinski definition) is 6. The van der Waals surface area contributed by atoms with Gasteiger partial charge in [0.1, 0.15) is 24.4 Å². The first-order valence-electron chi connectivity index (χ1n) is 32.7. The van der Waals surface area contributed by atoms with E-state index in [1.807, 2.05) is 0 Å². The molecule has 0 bridgehead atoms. The van der Waals surface area contributed by atoms with Gasteiger partial charge in [0.05, 0.1) is 25.4 Å². The van der Waals surface area contributed by atoms with E-state index < -0.39 is 49.5 Å². The summed E-state index contributed by atoms with van der Waals surface area (Å²) in [4.78, 5) is 13.1. The Morgan fingerprint density at radius 1 is 0.438 bits per heavy atom.